The maximum Gasteiger partial charge on any atom is 0.272 e. The average Bonchev–Trinajstić information content (AvgIpc) is 2.71. The van der Waals surface area contributed by atoms with Gasteiger partial charge in [-0.05, 0) is 39.9 Å². The van der Waals surface area contributed by atoms with Gasteiger partial charge < -0.3 is 9.88 Å². The van der Waals surface area contributed by atoms with Crippen LogP contribution in [0.5, 0.6) is 0 Å². The molecule has 1 heterocycles. The highest BCUT2D eigenvalue weighted by molar-refractivity contribution is 9.10. The van der Waals surface area contributed by atoms with Gasteiger partial charge >= 0.3 is 0 Å². The van der Waals surface area contributed by atoms with Crippen LogP contribution in [0.25, 0.3) is 0 Å². The van der Waals surface area contributed by atoms with Gasteiger partial charge in [0.15, 0.2) is 0 Å². The van der Waals surface area contributed by atoms with Gasteiger partial charge in [0.05, 0.1) is 5.69 Å². The Balaban J connectivity index is 2.21. The minimum atomic E-state index is -0.0997. The number of aromatic nitrogens is 1. The average molecular weight is 339 g/mol. The van der Waals surface area contributed by atoms with E-state index in [1.54, 1.807) is 16.3 Å². The number of amides is 1. The van der Waals surface area contributed by atoms with Crippen molar-refractivity contribution in [1.29, 1.82) is 0 Å². The van der Waals surface area contributed by atoms with E-state index >= 15 is 0 Å². The van der Waals surface area contributed by atoms with Crippen molar-refractivity contribution in [1.82, 2.24) is 4.57 Å². The summed E-state index contributed by atoms with van der Waals surface area (Å²) in [5.74, 6) is 0.875. The summed E-state index contributed by atoms with van der Waals surface area (Å²) in [4.78, 5) is 13.3. The van der Waals surface area contributed by atoms with E-state index in [0.29, 0.717) is 5.69 Å². The zero-order chi connectivity index (χ0) is 13.8. The predicted molar refractivity (Wildman–Crippen MR) is 83.9 cm³/mol. The molecule has 0 saturated heterocycles. The minimum Gasteiger partial charge on any atom is -0.345 e. The van der Waals surface area contributed by atoms with E-state index in [1.165, 1.54) is 0 Å². The van der Waals surface area contributed by atoms with E-state index in [9.17, 15) is 4.79 Å². The molecule has 0 aliphatic carbocycles. The Bertz CT molecular complexity index is 595. The zero-order valence-electron chi connectivity index (χ0n) is 10.8. The molecule has 0 aliphatic heterocycles. The van der Waals surface area contributed by atoms with E-state index in [0.717, 1.165) is 20.8 Å². The second-order valence-electron chi connectivity index (χ2n) is 4.04. The number of carbonyl (C=O) groups excluding carboxylic acids is 1. The highest BCUT2D eigenvalue weighted by Crippen LogP contribution is 2.27. The summed E-state index contributed by atoms with van der Waals surface area (Å²) in [5.41, 5.74) is 1.49. The van der Waals surface area contributed by atoms with E-state index in [-0.39, 0.29) is 5.91 Å². The van der Waals surface area contributed by atoms with Gasteiger partial charge in [-0.15, -0.1) is 11.8 Å². The Morgan fingerprint density at radius 1 is 1.42 bits per heavy atom. The number of hydrogen-bond acceptors (Lipinski definition) is 2. The third-order valence-electron chi connectivity index (χ3n) is 2.64. The van der Waals surface area contributed by atoms with E-state index < -0.39 is 0 Å². The maximum absolute atomic E-state index is 12.2. The first-order valence-electron chi connectivity index (χ1n) is 5.97. The molecule has 1 N–H and O–H groups in total. The lowest BCUT2D eigenvalue weighted by Crippen LogP contribution is -2.15. The van der Waals surface area contributed by atoms with Crippen molar-refractivity contribution in [3.05, 3.63) is 46.7 Å². The van der Waals surface area contributed by atoms with Crippen LogP contribution >= 0.6 is 27.7 Å². The number of aryl methyl sites for hydroxylation is 1. The van der Waals surface area contributed by atoms with E-state index in [1.807, 2.05) is 43.6 Å². The first kappa shape index (κ1) is 14.2. The van der Waals surface area contributed by atoms with Crippen molar-refractivity contribution in [3.8, 4) is 0 Å². The van der Waals surface area contributed by atoms with Crippen molar-refractivity contribution in [3.63, 3.8) is 0 Å². The van der Waals surface area contributed by atoms with Crippen molar-refractivity contribution in [2.75, 3.05) is 11.1 Å². The molecule has 0 spiro atoms. The molecule has 0 saturated carbocycles. The maximum atomic E-state index is 12.2. The van der Waals surface area contributed by atoms with Crippen LogP contribution in [-0.2, 0) is 7.05 Å². The van der Waals surface area contributed by atoms with Crippen LogP contribution in [0.3, 0.4) is 0 Å². The molecule has 1 aromatic heterocycles. The normalized spacial score (nSPS) is 10.5. The molecule has 0 unspecified atom stereocenters. The Kier molecular flexibility index (Phi) is 4.71. The molecule has 100 valence electrons. The Hall–Kier alpha value is -1.20. The molecule has 0 aliphatic rings. The third-order valence-corrected chi connectivity index (χ3v) is 4.03. The van der Waals surface area contributed by atoms with Crippen LogP contribution in [0.2, 0.25) is 0 Å². The largest absolute Gasteiger partial charge is 0.345 e. The molecule has 3 nitrogen and oxygen atoms in total. The summed E-state index contributed by atoms with van der Waals surface area (Å²) in [5, 5.41) is 2.96. The Labute approximate surface area is 125 Å². The lowest BCUT2D eigenvalue weighted by Gasteiger charge is -2.10. The van der Waals surface area contributed by atoms with Crippen LogP contribution in [0.4, 0.5) is 5.69 Å². The van der Waals surface area contributed by atoms with Gasteiger partial charge in [0.2, 0.25) is 0 Å². The topological polar surface area (TPSA) is 34.0 Å². The van der Waals surface area contributed by atoms with Gasteiger partial charge in [-0.1, -0.05) is 19.1 Å². The van der Waals surface area contributed by atoms with Gasteiger partial charge in [0.25, 0.3) is 5.91 Å². The molecule has 0 atom stereocenters. The number of carbonyl (C=O) groups is 1. The summed E-state index contributed by atoms with van der Waals surface area (Å²) in [6, 6.07) is 9.66. The summed E-state index contributed by atoms with van der Waals surface area (Å²) in [6.45, 7) is 2.09. The molecule has 0 radical (unpaired) electrons. The Morgan fingerprint density at radius 2 is 2.16 bits per heavy atom. The predicted octanol–water partition coefficient (Wildman–Crippen LogP) is 4.15. The number of anilines is 1. The van der Waals surface area contributed by atoms with Crippen LogP contribution in [-0.4, -0.2) is 16.2 Å². The minimum absolute atomic E-state index is 0.0997. The molecule has 0 bridgehead atoms. The molecule has 2 aromatic rings. The highest BCUT2D eigenvalue weighted by atomic mass is 79.9. The number of nitrogens with zero attached hydrogens (tertiary/aromatic N) is 1. The van der Waals surface area contributed by atoms with Gasteiger partial charge in [0, 0.05) is 22.6 Å². The van der Waals surface area contributed by atoms with Crippen molar-refractivity contribution in [2.24, 2.45) is 7.05 Å². The summed E-state index contributed by atoms with van der Waals surface area (Å²) < 4.78 is 2.70. The first-order valence-corrected chi connectivity index (χ1v) is 7.74. The molecule has 1 aromatic carbocycles. The molecule has 19 heavy (non-hydrogen) atoms. The van der Waals surface area contributed by atoms with Crippen molar-refractivity contribution >= 4 is 39.3 Å². The number of nitrogens with one attached hydrogen (secondary N) is 1. The van der Waals surface area contributed by atoms with E-state index in [2.05, 4.69) is 28.2 Å². The lowest BCUT2D eigenvalue weighted by molar-refractivity contribution is 0.101. The zero-order valence-corrected chi connectivity index (χ0v) is 13.2. The molecule has 2 rings (SSSR count). The molecule has 0 fully saturated rings. The van der Waals surface area contributed by atoms with Gasteiger partial charge in [-0.25, -0.2) is 0 Å². The van der Waals surface area contributed by atoms with Gasteiger partial charge in [-0.2, -0.15) is 0 Å². The van der Waals surface area contributed by atoms with Gasteiger partial charge in [-0.3, -0.25) is 4.79 Å². The molecular formula is C14H15BrN2OS. The number of benzene rings is 1. The van der Waals surface area contributed by atoms with Crippen LogP contribution < -0.4 is 5.32 Å². The third kappa shape index (κ3) is 3.42. The number of hydrogen-bond donors (Lipinski definition) is 1. The van der Waals surface area contributed by atoms with Crippen LogP contribution in [0.1, 0.15) is 17.4 Å². The number of halogens is 1. The molecular weight excluding hydrogens is 324 g/mol. The van der Waals surface area contributed by atoms with Crippen LogP contribution in [0.15, 0.2) is 45.9 Å². The SMILES string of the molecule is CCSc1ccccc1NC(=O)c1cc(Br)cn1C. The second kappa shape index (κ2) is 6.30. The summed E-state index contributed by atoms with van der Waals surface area (Å²) in [7, 11) is 1.85. The second-order valence-corrected chi connectivity index (χ2v) is 6.26. The van der Waals surface area contributed by atoms with Crippen molar-refractivity contribution in [2.45, 2.75) is 11.8 Å². The summed E-state index contributed by atoms with van der Waals surface area (Å²) in [6.07, 6.45) is 1.86. The number of para-hydroxylation sites is 1. The smallest absolute Gasteiger partial charge is 0.272 e. The lowest BCUT2D eigenvalue weighted by atomic mass is 10.3. The monoisotopic (exact) mass is 338 g/mol. The highest BCUT2D eigenvalue weighted by Gasteiger charge is 2.12. The number of thioether (sulfide) groups is 1. The van der Waals surface area contributed by atoms with Gasteiger partial charge in [0.1, 0.15) is 5.69 Å². The van der Waals surface area contributed by atoms with Crippen molar-refractivity contribution < 1.29 is 4.79 Å². The quantitative estimate of drug-likeness (QED) is 0.849. The summed E-state index contributed by atoms with van der Waals surface area (Å²) >= 11 is 5.09. The van der Waals surface area contributed by atoms with Crippen LogP contribution in [0, 0.1) is 0 Å². The van der Waals surface area contributed by atoms with E-state index in [4.69, 9.17) is 0 Å². The first-order chi connectivity index (χ1) is 9.11. The fraction of sp³-hybridized carbons (Fsp3) is 0.214. The molecule has 5 heteroatoms. The fourth-order valence-corrected chi connectivity index (χ4v) is 3.07. The fourth-order valence-electron chi connectivity index (χ4n) is 1.79. The Morgan fingerprint density at radius 3 is 2.79 bits per heavy atom. The standard InChI is InChI=1S/C14H15BrN2OS/c1-3-19-13-7-5-4-6-11(13)16-14(18)12-8-10(15)9-17(12)2/h4-9H,3H2,1-2H3,(H,16,18). The number of rotatable bonds is 4. The molecule has 1 amide bonds.